The second kappa shape index (κ2) is 10.7. The third-order valence-corrected chi connectivity index (χ3v) is 4.54. The molecule has 150 valence electrons. The van der Waals surface area contributed by atoms with Crippen molar-refractivity contribution in [2.45, 2.75) is 0 Å². The van der Waals surface area contributed by atoms with Gasteiger partial charge in [0, 0.05) is 10.2 Å². The van der Waals surface area contributed by atoms with Gasteiger partial charge in [-0.3, -0.25) is 4.79 Å². The smallest absolute Gasteiger partial charge is 0.262 e. The molecule has 29 heavy (non-hydrogen) atoms. The molecular formula is C22H19BrClNO4. The molecule has 1 N–H and O–H groups in total. The lowest BCUT2D eigenvalue weighted by atomic mass is 10.3. The van der Waals surface area contributed by atoms with Crippen LogP contribution in [-0.2, 0) is 4.79 Å². The average Bonchev–Trinajstić information content (AvgIpc) is 2.72. The zero-order chi connectivity index (χ0) is 20.5. The molecule has 0 atom stereocenters. The third kappa shape index (κ3) is 7.00. The van der Waals surface area contributed by atoms with Crippen LogP contribution in [0, 0.1) is 0 Å². The molecule has 0 aromatic heterocycles. The van der Waals surface area contributed by atoms with E-state index in [2.05, 4.69) is 21.2 Å². The minimum absolute atomic E-state index is 0.142. The Morgan fingerprint density at radius 1 is 0.862 bits per heavy atom. The van der Waals surface area contributed by atoms with Gasteiger partial charge in [0.05, 0.1) is 5.02 Å². The van der Waals surface area contributed by atoms with Gasteiger partial charge in [0.15, 0.2) is 6.61 Å². The number of rotatable bonds is 9. The van der Waals surface area contributed by atoms with E-state index >= 15 is 0 Å². The maximum atomic E-state index is 12.1. The highest BCUT2D eigenvalue weighted by Gasteiger charge is 2.07. The minimum atomic E-state index is -0.283. The molecule has 0 fully saturated rings. The number of ether oxygens (including phenoxy) is 3. The quantitative estimate of drug-likeness (QED) is 0.410. The molecule has 0 aliphatic heterocycles. The molecule has 0 unspecified atom stereocenters. The van der Waals surface area contributed by atoms with E-state index in [1.807, 2.05) is 30.3 Å². The van der Waals surface area contributed by atoms with Crippen molar-refractivity contribution >= 4 is 39.1 Å². The van der Waals surface area contributed by atoms with E-state index in [9.17, 15) is 4.79 Å². The van der Waals surface area contributed by atoms with Crippen molar-refractivity contribution < 1.29 is 19.0 Å². The highest BCUT2D eigenvalue weighted by atomic mass is 79.9. The van der Waals surface area contributed by atoms with Crippen molar-refractivity contribution in [2.24, 2.45) is 0 Å². The Balaban J connectivity index is 1.39. The summed E-state index contributed by atoms with van der Waals surface area (Å²) in [5.41, 5.74) is 0.647. The van der Waals surface area contributed by atoms with Crippen molar-refractivity contribution in [3.8, 4) is 17.2 Å². The zero-order valence-corrected chi connectivity index (χ0v) is 17.8. The highest BCUT2D eigenvalue weighted by Crippen LogP contribution is 2.27. The Morgan fingerprint density at radius 3 is 2.17 bits per heavy atom. The Morgan fingerprint density at radius 2 is 1.52 bits per heavy atom. The van der Waals surface area contributed by atoms with Gasteiger partial charge in [-0.2, -0.15) is 0 Å². The van der Waals surface area contributed by atoms with E-state index < -0.39 is 0 Å². The number of nitrogens with one attached hydrogen (secondary N) is 1. The molecule has 3 rings (SSSR count). The van der Waals surface area contributed by atoms with Crippen LogP contribution in [0.1, 0.15) is 0 Å². The summed E-state index contributed by atoms with van der Waals surface area (Å²) in [7, 11) is 0. The molecule has 3 aromatic rings. The number of benzene rings is 3. The minimum Gasteiger partial charge on any atom is -0.490 e. The lowest BCUT2D eigenvalue weighted by Gasteiger charge is -2.10. The van der Waals surface area contributed by atoms with Gasteiger partial charge in [0.2, 0.25) is 0 Å². The molecule has 0 aliphatic carbocycles. The zero-order valence-electron chi connectivity index (χ0n) is 15.4. The lowest BCUT2D eigenvalue weighted by molar-refractivity contribution is -0.118. The topological polar surface area (TPSA) is 56.8 Å². The first kappa shape index (κ1) is 21.0. The molecule has 5 nitrogen and oxygen atoms in total. The average molecular weight is 477 g/mol. The summed E-state index contributed by atoms with van der Waals surface area (Å²) in [6.45, 7) is 0.720. The summed E-state index contributed by atoms with van der Waals surface area (Å²) < 4.78 is 17.5. The van der Waals surface area contributed by atoms with Gasteiger partial charge in [0.1, 0.15) is 30.5 Å². The van der Waals surface area contributed by atoms with Crippen LogP contribution in [0.3, 0.4) is 0 Å². The lowest BCUT2D eigenvalue weighted by Crippen LogP contribution is -2.20. The first-order valence-electron chi connectivity index (χ1n) is 8.88. The number of amides is 1. The molecule has 0 heterocycles. The molecular weight excluding hydrogens is 458 g/mol. The maximum Gasteiger partial charge on any atom is 0.262 e. The van der Waals surface area contributed by atoms with E-state index in [1.165, 1.54) is 0 Å². The molecule has 0 aliphatic rings. The second-order valence-corrected chi connectivity index (χ2v) is 7.27. The van der Waals surface area contributed by atoms with Gasteiger partial charge in [0.25, 0.3) is 5.91 Å². The Hall–Kier alpha value is -2.70. The number of anilines is 1. The van der Waals surface area contributed by atoms with Crippen molar-refractivity contribution in [1.29, 1.82) is 0 Å². The standard InChI is InChI=1S/C22H19BrClNO4/c23-16-6-11-21(20(24)14-16)29-15-22(26)25-17-7-9-19(10-8-17)28-13-12-27-18-4-2-1-3-5-18/h1-11,14H,12-13,15H2,(H,25,26). The summed E-state index contributed by atoms with van der Waals surface area (Å²) in [5.74, 6) is 1.67. The summed E-state index contributed by atoms with van der Waals surface area (Å²) in [6.07, 6.45) is 0. The number of halogens is 2. The molecule has 1 amide bonds. The number of carbonyl (C=O) groups is 1. The van der Waals surface area contributed by atoms with Gasteiger partial charge < -0.3 is 19.5 Å². The molecule has 0 radical (unpaired) electrons. The SMILES string of the molecule is O=C(COc1ccc(Br)cc1Cl)Nc1ccc(OCCOc2ccccc2)cc1. The Kier molecular flexibility index (Phi) is 7.78. The van der Waals surface area contributed by atoms with Crippen LogP contribution in [0.4, 0.5) is 5.69 Å². The summed E-state index contributed by atoms with van der Waals surface area (Å²) in [4.78, 5) is 12.1. The van der Waals surface area contributed by atoms with Crippen molar-refractivity contribution in [3.05, 3.63) is 82.3 Å². The third-order valence-electron chi connectivity index (χ3n) is 3.75. The van der Waals surface area contributed by atoms with Gasteiger partial charge >= 0.3 is 0 Å². The Labute approximate surface area is 182 Å². The van der Waals surface area contributed by atoms with Gasteiger partial charge in [-0.1, -0.05) is 45.7 Å². The van der Waals surface area contributed by atoms with Crippen LogP contribution in [0.2, 0.25) is 5.02 Å². The molecule has 0 saturated carbocycles. The number of para-hydroxylation sites is 1. The van der Waals surface area contributed by atoms with Gasteiger partial charge in [-0.25, -0.2) is 0 Å². The van der Waals surface area contributed by atoms with Crippen molar-refractivity contribution in [2.75, 3.05) is 25.1 Å². The second-order valence-electron chi connectivity index (χ2n) is 5.95. The summed E-state index contributed by atoms with van der Waals surface area (Å²) >= 11 is 9.39. The maximum absolute atomic E-state index is 12.1. The van der Waals surface area contributed by atoms with Crippen LogP contribution >= 0.6 is 27.5 Å². The van der Waals surface area contributed by atoms with Crippen LogP contribution in [0.15, 0.2) is 77.3 Å². The van der Waals surface area contributed by atoms with E-state index in [-0.39, 0.29) is 12.5 Å². The molecule has 0 bridgehead atoms. The van der Waals surface area contributed by atoms with E-state index in [0.29, 0.717) is 35.4 Å². The first-order chi connectivity index (χ1) is 14.1. The Bertz CT molecular complexity index is 935. The predicted molar refractivity (Wildman–Crippen MR) is 117 cm³/mol. The van der Waals surface area contributed by atoms with Gasteiger partial charge in [-0.15, -0.1) is 0 Å². The number of carbonyl (C=O) groups excluding carboxylic acids is 1. The monoisotopic (exact) mass is 475 g/mol. The molecule has 0 saturated heterocycles. The summed E-state index contributed by atoms with van der Waals surface area (Å²) in [5, 5.41) is 3.20. The largest absolute Gasteiger partial charge is 0.490 e. The highest BCUT2D eigenvalue weighted by molar-refractivity contribution is 9.10. The summed E-state index contributed by atoms with van der Waals surface area (Å²) in [6, 6.07) is 21.9. The van der Waals surface area contributed by atoms with Crippen LogP contribution in [0.5, 0.6) is 17.2 Å². The molecule has 3 aromatic carbocycles. The van der Waals surface area contributed by atoms with Crippen LogP contribution in [-0.4, -0.2) is 25.7 Å². The normalized spacial score (nSPS) is 10.3. The number of hydrogen-bond donors (Lipinski definition) is 1. The fraction of sp³-hybridized carbons (Fsp3) is 0.136. The fourth-order valence-corrected chi connectivity index (χ4v) is 3.13. The van der Waals surface area contributed by atoms with Crippen LogP contribution in [0.25, 0.3) is 0 Å². The fourth-order valence-electron chi connectivity index (χ4n) is 2.40. The molecule has 7 heteroatoms. The van der Waals surface area contributed by atoms with Crippen molar-refractivity contribution in [1.82, 2.24) is 0 Å². The van der Waals surface area contributed by atoms with Crippen molar-refractivity contribution in [3.63, 3.8) is 0 Å². The van der Waals surface area contributed by atoms with Gasteiger partial charge in [-0.05, 0) is 54.6 Å². The number of hydrogen-bond acceptors (Lipinski definition) is 4. The predicted octanol–water partition coefficient (Wildman–Crippen LogP) is 5.58. The van der Waals surface area contributed by atoms with E-state index in [0.717, 1.165) is 10.2 Å². The van der Waals surface area contributed by atoms with Crippen LogP contribution < -0.4 is 19.5 Å². The molecule has 0 spiro atoms. The van der Waals surface area contributed by atoms with E-state index in [1.54, 1.807) is 42.5 Å². The first-order valence-corrected chi connectivity index (χ1v) is 10.1. The van der Waals surface area contributed by atoms with E-state index in [4.69, 9.17) is 25.8 Å².